The molecular weight excluding hydrogens is 484 g/mol. The number of hydrogen-bond acceptors (Lipinski definition) is 5. The van der Waals surface area contributed by atoms with Crippen LogP contribution in [-0.2, 0) is 14.3 Å². The topological polar surface area (TPSA) is 61.8 Å². The van der Waals surface area contributed by atoms with Gasteiger partial charge in [-0.25, -0.2) is 9.59 Å². The van der Waals surface area contributed by atoms with E-state index < -0.39 is 5.60 Å². The van der Waals surface area contributed by atoms with Gasteiger partial charge in [0.1, 0.15) is 11.4 Å². The lowest BCUT2D eigenvalue weighted by atomic mass is 10.0. The molecule has 5 nitrogen and oxygen atoms in total. The molecule has 5 rings (SSSR count). The zero-order valence-corrected chi connectivity index (χ0v) is 22.3. The molecule has 1 aliphatic carbocycles. The van der Waals surface area contributed by atoms with E-state index in [1.54, 1.807) is 6.08 Å². The quantitative estimate of drug-likeness (QED) is 0.144. The van der Waals surface area contributed by atoms with Gasteiger partial charge in [0, 0.05) is 33.4 Å². The first-order valence-electron chi connectivity index (χ1n) is 12.5. The van der Waals surface area contributed by atoms with Crippen molar-refractivity contribution in [2.75, 3.05) is 13.7 Å². The minimum atomic E-state index is -0.549. The molecule has 1 fully saturated rings. The zero-order chi connectivity index (χ0) is 26.2. The highest BCUT2D eigenvalue weighted by Gasteiger charge is 2.35. The summed E-state index contributed by atoms with van der Waals surface area (Å²) in [5, 5.41) is 2.19. The predicted octanol–water partition coefficient (Wildman–Crippen LogP) is 7.56. The first-order valence-corrected chi connectivity index (χ1v) is 13.7. The molecule has 0 aliphatic heterocycles. The van der Waals surface area contributed by atoms with Gasteiger partial charge >= 0.3 is 11.9 Å². The summed E-state index contributed by atoms with van der Waals surface area (Å²) < 4.78 is 19.1. The summed E-state index contributed by atoms with van der Waals surface area (Å²) in [7, 11) is 1.07. The summed E-state index contributed by atoms with van der Waals surface area (Å²) in [5.41, 5.74) is 1.92. The van der Waals surface area contributed by atoms with E-state index in [2.05, 4.69) is 36.9 Å². The molecule has 1 aromatic heterocycles. The van der Waals surface area contributed by atoms with Crippen molar-refractivity contribution in [2.45, 2.75) is 45.1 Å². The average molecular weight is 516 g/mol. The van der Waals surface area contributed by atoms with Gasteiger partial charge < -0.3 is 14.2 Å². The zero-order valence-electron chi connectivity index (χ0n) is 21.5. The Balaban J connectivity index is 1.47. The molecule has 0 saturated heterocycles. The lowest BCUT2D eigenvalue weighted by Gasteiger charge is -2.25. The van der Waals surface area contributed by atoms with E-state index in [1.165, 1.54) is 21.4 Å². The van der Waals surface area contributed by atoms with Crippen LogP contribution in [0.2, 0.25) is 0 Å². The number of methoxy groups -OCH3 is 1. The van der Waals surface area contributed by atoms with Crippen LogP contribution >= 0.6 is 10.5 Å². The SMILES string of the molecule is C=CC1(OC(=O)COc2c(C)cc(-[s+]3c4ccccc4c4cc(C(=O)OC)ccc43)cc2C)CCCC1. The van der Waals surface area contributed by atoms with Crippen molar-refractivity contribution in [2.24, 2.45) is 0 Å². The van der Waals surface area contributed by atoms with E-state index >= 15 is 0 Å². The molecule has 0 N–H and O–H groups in total. The van der Waals surface area contributed by atoms with E-state index in [-0.39, 0.29) is 29.0 Å². The molecular formula is C31H31O5S+. The molecule has 0 bridgehead atoms. The molecule has 1 atom stereocenters. The van der Waals surface area contributed by atoms with E-state index in [0.717, 1.165) is 47.6 Å². The Morgan fingerprint density at radius 1 is 0.973 bits per heavy atom. The minimum Gasteiger partial charge on any atom is -0.481 e. The number of fused-ring (bicyclic) bond motifs is 3. The molecule has 3 aromatic carbocycles. The molecule has 1 heterocycles. The number of esters is 2. The van der Waals surface area contributed by atoms with Crippen molar-refractivity contribution in [3.05, 3.63) is 83.9 Å². The third-order valence-electron chi connectivity index (χ3n) is 7.16. The molecule has 1 unspecified atom stereocenters. The normalized spacial score (nSPS) is 15.1. The van der Waals surface area contributed by atoms with Crippen LogP contribution in [0.1, 0.15) is 47.2 Å². The van der Waals surface area contributed by atoms with Crippen molar-refractivity contribution in [3.63, 3.8) is 0 Å². The number of hydrogen-bond donors (Lipinski definition) is 0. The van der Waals surface area contributed by atoms with Crippen molar-refractivity contribution in [3.8, 4) is 10.6 Å². The molecule has 0 spiro atoms. The van der Waals surface area contributed by atoms with Crippen molar-refractivity contribution in [1.29, 1.82) is 0 Å². The van der Waals surface area contributed by atoms with Crippen LogP contribution in [0.25, 0.3) is 25.1 Å². The fourth-order valence-corrected chi connectivity index (χ4v) is 7.91. The Labute approximate surface area is 219 Å². The smallest absolute Gasteiger partial charge is 0.345 e. The third-order valence-corrected chi connectivity index (χ3v) is 9.46. The Bertz CT molecular complexity index is 1500. The summed E-state index contributed by atoms with van der Waals surface area (Å²) in [6.07, 6.45) is 5.48. The summed E-state index contributed by atoms with van der Waals surface area (Å²) in [6, 6.07) is 18.4. The second-order valence-electron chi connectivity index (χ2n) is 9.63. The highest BCUT2D eigenvalue weighted by atomic mass is 32.2. The highest BCUT2D eigenvalue weighted by molar-refractivity contribution is 7.50. The van der Waals surface area contributed by atoms with Crippen molar-refractivity contribution >= 4 is 42.6 Å². The van der Waals surface area contributed by atoms with E-state index in [0.29, 0.717) is 11.3 Å². The maximum absolute atomic E-state index is 12.6. The van der Waals surface area contributed by atoms with Crippen molar-refractivity contribution < 1.29 is 23.8 Å². The van der Waals surface area contributed by atoms with Gasteiger partial charge in [-0.05, 0) is 87.1 Å². The maximum atomic E-state index is 12.6. The van der Waals surface area contributed by atoms with Crippen LogP contribution in [0, 0.1) is 13.8 Å². The third kappa shape index (κ3) is 4.62. The number of carbonyl (C=O) groups excluding carboxylic acids is 2. The molecule has 1 aliphatic rings. The van der Waals surface area contributed by atoms with Crippen LogP contribution in [0.4, 0.5) is 0 Å². The number of thiophene rings is 1. The standard InChI is InChI=1S/C31H31O5S/c1-5-31(14-8-9-15-31)36-28(32)19-35-29-20(2)16-23(17-21(29)3)37-26-11-7-6-10-24(26)25-18-22(30(33)34-4)12-13-27(25)37/h5-7,10-13,16-18H,1,8-9,14-15,19H2,2-4H3/q+1. The first-order chi connectivity index (χ1) is 17.9. The fraction of sp³-hybridized carbons (Fsp3) is 0.290. The van der Waals surface area contributed by atoms with Crippen LogP contribution in [0.15, 0.2) is 67.3 Å². The number of ether oxygens (including phenoxy) is 3. The first kappa shape index (κ1) is 25.0. The maximum Gasteiger partial charge on any atom is 0.345 e. The molecule has 6 heteroatoms. The molecule has 1 saturated carbocycles. The van der Waals surface area contributed by atoms with E-state index in [4.69, 9.17) is 14.2 Å². The summed E-state index contributed by atoms with van der Waals surface area (Å²) in [4.78, 5) is 25.9. The average Bonchev–Trinajstić information content (AvgIpc) is 3.50. The van der Waals surface area contributed by atoms with Gasteiger partial charge in [0.25, 0.3) is 0 Å². The van der Waals surface area contributed by atoms with Gasteiger partial charge in [0.05, 0.1) is 12.7 Å². The van der Waals surface area contributed by atoms with E-state index in [9.17, 15) is 9.59 Å². The van der Waals surface area contributed by atoms with Gasteiger partial charge in [0.2, 0.25) is 0 Å². The molecule has 0 radical (unpaired) electrons. The van der Waals surface area contributed by atoms with Gasteiger partial charge in [-0.15, -0.1) is 0 Å². The number of carbonyl (C=O) groups is 2. The lowest BCUT2D eigenvalue weighted by Crippen LogP contribution is -2.31. The second kappa shape index (κ2) is 10.0. The number of rotatable bonds is 7. The Morgan fingerprint density at radius 3 is 2.32 bits per heavy atom. The van der Waals surface area contributed by atoms with Crippen LogP contribution < -0.4 is 4.74 Å². The lowest BCUT2D eigenvalue weighted by molar-refractivity contribution is -0.157. The highest BCUT2D eigenvalue weighted by Crippen LogP contribution is 2.49. The van der Waals surface area contributed by atoms with Crippen LogP contribution in [0.5, 0.6) is 5.75 Å². The molecule has 4 aromatic rings. The van der Waals surface area contributed by atoms with Crippen molar-refractivity contribution in [1.82, 2.24) is 0 Å². The van der Waals surface area contributed by atoms with Crippen LogP contribution in [0.3, 0.4) is 0 Å². The summed E-state index contributed by atoms with van der Waals surface area (Å²) >= 11 is 0. The molecule has 37 heavy (non-hydrogen) atoms. The molecule has 190 valence electrons. The Morgan fingerprint density at radius 2 is 1.65 bits per heavy atom. The summed E-state index contributed by atoms with van der Waals surface area (Å²) in [6.45, 7) is 7.75. The van der Waals surface area contributed by atoms with E-state index in [1.807, 2.05) is 38.1 Å². The minimum absolute atomic E-state index is 0.135. The van der Waals surface area contributed by atoms with Gasteiger partial charge in [0.15, 0.2) is 20.9 Å². The Kier molecular flexibility index (Phi) is 6.78. The van der Waals surface area contributed by atoms with Crippen LogP contribution in [-0.4, -0.2) is 31.3 Å². The number of benzene rings is 3. The Hall–Kier alpha value is -3.64. The summed E-state index contributed by atoms with van der Waals surface area (Å²) in [5.74, 6) is -0.00514. The predicted molar refractivity (Wildman–Crippen MR) is 149 cm³/mol. The van der Waals surface area contributed by atoms with Gasteiger partial charge in [-0.2, -0.15) is 0 Å². The fourth-order valence-electron chi connectivity index (χ4n) is 5.37. The monoisotopic (exact) mass is 515 g/mol. The van der Waals surface area contributed by atoms with Gasteiger partial charge in [-0.1, -0.05) is 18.7 Å². The number of aryl methyl sites for hydroxylation is 2. The molecule has 0 amide bonds. The largest absolute Gasteiger partial charge is 0.481 e. The van der Waals surface area contributed by atoms with Gasteiger partial charge in [-0.3, -0.25) is 0 Å². The second-order valence-corrected chi connectivity index (χ2v) is 11.6.